The van der Waals surface area contributed by atoms with Crippen LogP contribution in [0.5, 0.6) is 0 Å². The molecule has 0 aliphatic carbocycles. The molecule has 19 heavy (non-hydrogen) atoms. The molecule has 2 aromatic rings. The third-order valence-electron chi connectivity index (χ3n) is 2.84. The van der Waals surface area contributed by atoms with Crippen molar-refractivity contribution in [3.05, 3.63) is 41.6 Å². The molecule has 5 nitrogen and oxygen atoms in total. The van der Waals surface area contributed by atoms with Gasteiger partial charge < -0.3 is 15.1 Å². The van der Waals surface area contributed by atoms with Crippen molar-refractivity contribution in [3.63, 3.8) is 0 Å². The highest BCUT2D eigenvalue weighted by molar-refractivity contribution is 6.05. The standard InChI is InChI=1S/C14H17N3O2/c1-4-17(12-7-5-6-11(15)8-12)14(18)13-9(2)16-10(3)19-13/h5-8H,4,15H2,1-3H3. The number of anilines is 2. The summed E-state index contributed by atoms with van der Waals surface area (Å²) in [5, 5.41) is 0. The van der Waals surface area contributed by atoms with E-state index in [1.807, 2.05) is 19.1 Å². The van der Waals surface area contributed by atoms with Crippen LogP contribution in [0.2, 0.25) is 0 Å². The molecule has 0 aliphatic heterocycles. The van der Waals surface area contributed by atoms with E-state index in [0.29, 0.717) is 23.8 Å². The Morgan fingerprint density at radius 1 is 1.42 bits per heavy atom. The van der Waals surface area contributed by atoms with Gasteiger partial charge in [0.1, 0.15) is 0 Å². The number of hydrogen-bond acceptors (Lipinski definition) is 4. The zero-order chi connectivity index (χ0) is 14.0. The fourth-order valence-electron chi connectivity index (χ4n) is 1.99. The molecular formula is C14H17N3O2. The van der Waals surface area contributed by atoms with Gasteiger partial charge in [-0.05, 0) is 32.0 Å². The number of aromatic nitrogens is 1. The second-order valence-electron chi connectivity index (χ2n) is 4.29. The molecule has 0 fully saturated rings. The number of rotatable bonds is 3. The third-order valence-corrected chi connectivity index (χ3v) is 2.84. The molecule has 1 heterocycles. The summed E-state index contributed by atoms with van der Waals surface area (Å²) in [6.45, 7) is 5.92. The quantitative estimate of drug-likeness (QED) is 0.860. The van der Waals surface area contributed by atoms with E-state index in [0.717, 1.165) is 5.69 Å². The summed E-state index contributed by atoms with van der Waals surface area (Å²) in [5.41, 5.74) is 7.72. The first-order valence-corrected chi connectivity index (χ1v) is 6.14. The molecule has 0 bridgehead atoms. The van der Waals surface area contributed by atoms with Crippen LogP contribution in [0.25, 0.3) is 0 Å². The van der Waals surface area contributed by atoms with Crippen molar-refractivity contribution in [1.82, 2.24) is 4.98 Å². The lowest BCUT2D eigenvalue weighted by Crippen LogP contribution is -2.30. The van der Waals surface area contributed by atoms with Gasteiger partial charge in [-0.3, -0.25) is 4.79 Å². The summed E-state index contributed by atoms with van der Waals surface area (Å²) in [7, 11) is 0. The first-order valence-electron chi connectivity index (χ1n) is 6.14. The van der Waals surface area contributed by atoms with Gasteiger partial charge in [-0.15, -0.1) is 0 Å². The maximum absolute atomic E-state index is 12.5. The topological polar surface area (TPSA) is 72.4 Å². The summed E-state index contributed by atoms with van der Waals surface area (Å²) in [5.74, 6) is 0.567. The van der Waals surface area contributed by atoms with E-state index in [9.17, 15) is 4.79 Å². The van der Waals surface area contributed by atoms with Crippen LogP contribution in [-0.2, 0) is 0 Å². The van der Waals surface area contributed by atoms with Crippen molar-refractivity contribution in [2.24, 2.45) is 0 Å². The molecule has 2 N–H and O–H groups in total. The van der Waals surface area contributed by atoms with E-state index >= 15 is 0 Å². The Kier molecular flexibility index (Phi) is 3.55. The molecule has 0 spiro atoms. The number of nitrogens with zero attached hydrogens (tertiary/aromatic N) is 2. The number of carbonyl (C=O) groups excluding carboxylic acids is 1. The van der Waals surface area contributed by atoms with Gasteiger partial charge in [-0.1, -0.05) is 6.07 Å². The van der Waals surface area contributed by atoms with Crippen molar-refractivity contribution in [3.8, 4) is 0 Å². The predicted molar refractivity (Wildman–Crippen MR) is 74.2 cm³/mol. The molecule has 0 radical (unpaired) electrons. The Bertz CT molecular complexity index is 604. The van der Waals surface area contributed by atoms with Crippen molar-refractivity contribution in [2.45, 2.75) is 20.8 Å². The van der Waals surface area contributed by atoms with Gasteiger partial charge in [0.2, 0.25) is 5.76 Å². The largest absolute Gasteiger partial charge is 0.436 e. The van der Waals surface area contributed by atoms with Crippen molar-refractivity contribution in [2.75, 3.05) is 17.2 Å². The molecule has 2 rings (SSSR count). The zero-order valence-corrected chi connectivity index (χ0v) is 11.3. The zero-order valence-electron chi connectivity index (χ0n) is 11.3. The smallest absolute Gasteiger partial charge is 0.295 e. The first kappa shape index (κ1) is 13.1. The Morgan fingerprint density at radius 3 is 2.68 bits per heavy atom. The minimum absolute atomic E-state index is 0.203. The van der Waals surface area contributed by atoms with E-state index in [-0.39, 0.29) is 11.7 Å². The van der Waals surface area contributed by atoms with Crippen LogP contribution in [-0.4, -0.2) is 17.4 Å². The molecule has 1 aromatic heterocycles. The summed E-state index contributed by atoms with van der Waals surface area (Å²) in [6, 6.07) is 7.21. The molecule has 0 atom stereocenters. The molecule has 0 aliphatic rings. The highest BCUT2D eigenvalue weighted by Crippen LogP contribution is 2.21. The molecule has 0 saturated heterocycles. The van der Waals surface area contributed by atoms with Crippen molar-refractivity contribution < 1.29 is 9.21 Å². The number of hydrogen-bond donors (Lipinski definition) is 1. The first-order chi connectivity index (χ1) is 9.02. The van der Waals surface area contributed by atoms with E-state index in [1.165, 1.54) is 0 Å². The summed E-state index contributed by atoms with van der Waals surface area (Å²) in [6.07, 6.45) is 0. The average Bonchev–Trinajstić information content (AvgIpc) is 2.69. The summed E-state index contributed by atoms with van der Waals surface area (Å²) in [4.78, 5) is 18.2. The summed E-state index contributed by atoms with van der Waals surface area (Å²) >= 11 is 0. The maximum Gasteiger partial charge on any atom is 0.295 e. The van der Waals surface area contributed by atoms with Crippen LogP contribution in [0.15, 0.2) is 28.7 Å². The van der Waals surface area contributed by atoms with E-state index in [4.69, 9.17) is 10.2 Å². The van der Waals surface area contributed by atoms with Crippen LogP contribution in [0.1, 0.15) is 29.1 Å². The Morgan fingerprint density at radius 2 is 2.16 bits per heavy atom. The van der Waals surface area contributed by atoms with Crippen LogP contribution in [0.4, 0.5) is 11.4 Å². The van der Waals surface area contributed by atoms with Crippen molar-refractivity contribution in [1.29, 1.82) is 0 Å². The second-order valence-corrected chi connectivity index (χ2v) is 4.29. The van der Waals surface area contributed by atoms with Gasteiger partial charge in [0.05, 0.1) is 5.69 Å². The van der Waals surface area contributed by atoms with E-state index in [2.05, 4.69) is 4.98 Å². The van der Waals surface area contributed by atoms with Crippen LogP contribution in [0, 0.1) is 13.8 Å². The molecule has 1 amide bonds. The molecule has 0 unspecified atom stereocenters. The van der Waals surface area contributed by atoms with Crippen molar-refractivity contribution >= 4 is 17.3 Å². The molecule has 1 aromatic carbocycles. The van der Waals surface area contributed by atoms with Gasteiger partial charge in [-0.2, -0.15) is 0 Å². The number of nitrogens with two attached hydrogens (primary N) is 1. The number of oxazole rings is 1. The molecule has 5 heteroatoms. The van der Waals surface area contributed by atoms with Gasteiger partial charge in [0, 0.05) is 24.8 Å². The minimum atomic E-state index is -0.203. The van der Waals surface area contributed by atoms with Gasteiger partial charge in [-0.25, -0.2) is 4.98 Å². The molecule has 100 valence electrons. The van der Waals surface area contributed by atoms with Crippen LogP contribution >= 0.6 is 0 Å². The second kappa shape index (κ2) is 5.14. The number of nitrogen functional groups attached to an aromatic ring is 1. The Labute approximate surface area is 112 Å². The van der Waals surface area contributed by atoms with Crippen LogP contribution in [0.3, 0.4) is 0 Å². The normalized spacial score (nSPS) is 10.5. The van der Waals surface area contributed by atoms with Gasteiger partial charge >= 0.3 is 0 Å². The van der Waals surface area contributed by atoms with Crippen LogP contribution < -0.4 is 10.6 Å². The average molecular weight is 259 g/mol. The van der Waals surface area contributed by atoms with E-state index < -0.39 is 0 Å². The number of amides is 1. The lowest BCUT2D eigenvalue weighted by molar-refractivity contribution is 0.0959. The highest BCUT2D eigenvalue weighted by Gasteiger charge is 2.22. The number of benzene rings is 1. The monoisotopic (exact) mass is 259 g/mol. The molecular weight excluding hydrogens is 242 g/mol. The highest BCUT2D eigenvalue weighted by atomic mass is 16.4. The lowest BCUT2D eigenvalue weighted by Gasteiger charge is -2.20. The molecule has 0 saturated carbocycles. The van der Waals surface area contributed by atoms with Gasteiger partial charge in [0.25, 0.3) is 5.91 Å². The SMILES string of the molecule is CCN(C(=O)c1oc(C)nc1C)c1cccc(N)c1. The lowest BCUT2D eigenvalue weighted by atomic mass is 10.2. The number of aryl methyl sites for hydroxylation is 2. The van der Waals surface area contributed by atoms with Gasteiger partial charge in [0.15, 0.2) is 5.89 Å². The fourth-order valence-corrected chi connectivity index (χ4v) is 1.99. The Balaban J connectivity index is 2.37. The van der Waals surface area contributed by atoms with E-state index in [1.54, 1.807) is 30.9 Å². The predicted octanol–water partition coefficient (Wildman–Crippen LogP) is 2.54. The fraction of sp³-hybridized carbons (Fsp3) is 0.286. The summed E-state index contributed by atoms with van der Waals surface area (Å²) < 4.78 is 5.38. The minimum Gasteiger partial charge on any atom is -0.436 e. The Hall–Kier alpha value is -2.30. The number of carbonyl (C=O) groups is 1. The third kappa shape index (κ3) is 2.59. The maximum atomic E-state index is 12.5.